The van der Waals surface area contributed by atoms with Gasteiger partial charge in [0.15, 0.2) is 0 Å². The number of carboxylic acid groups (broad SMARTS) is 1. The van der Waals surface area contributed by atoms with Gasteiger partial charge in [-0.3, -0.25) is 0 Å². The third-order valence-corrected chi connectivity index (χ3v) is 2.57. The average molecular weight is 290 g/mol. The maximum absolute atomic E-state index is 12.3. The molecule has 1 aromatic heterocycles. The first kappa shape index (κ1) is 13.3. The maximum atomic E-state index is 12.3. The zero-order valence-electron chi connectivity index (χ0n) is 9.01. The Morgan fingerprint density at radius 3 is 2.58 bits per heavy atom. The number of carbonyl (C=O) groups is 1. The van der Waals surface area contributed by atoms with E-state index in [2.05, 4.69) is 9.36 Å². The summed E-state index contributed by atoms with van der Waals surface area (Å²) in [5.41, 5.74) is -0.175. The van der Waals surface area contributed by atoms with Crippen LogP contribution < -0.4 is 4.74 Å². The molecule has 0 aliphatic carbocycles. The third-order valence-electron chi connectivity index (χ3n) is 1.98. The number of ether oxygens (including phenoxy) is 1. The molecule has 1 heterocycles. The van der Waals surface area contributed by atoms with Crippen LogP contribution in [0.15, 0.2) is 24.3 Å². The average Bonchev–Trinajstić information content (AvgIpc) is 2.77. The molecule has 2 rings (SSSR count). The van der Waals surface area contributed by atoms with E-state index in [9.17, 15) is 18.0 Å². The number of hydrogen-bond donors (Lipinski definition) is 1. The summed E-state index contributed by atoms with van der Waals surface area (Å²) in [6.07, 6.45) is -4.66. The van der Waals surface area contributed by atoms with Crippen molar-refractivity contribution in [2.45, 2.75) is 6.18 Å². The van der Waals surface area contributed by atoms with Crippen LogP contribution in [0.25, 0.3) is 0 Å². The number of alkyl halides is 3. The number of benzene rings is 1. The molecule has 2 aromatic rings. The van der Waals surface area contributed by atoms with Crippen molar-refractivity contribution < 1.29 is 27.8 Å². The molecule has 0 saturated heterocycles. The summed E-state index contributed by atoms with van der Waals surface area (Å²) < 4.78 is 44.9. The van der Waals surface area contributed by atoms with Crippen molar-refractivity contribution >= 4 is 17.5 Å². The number of aromatic nitrogens is 2. The summed E-state index contributed by atoms with van der Waals surface area (Å²) >= 11 is 0.395. The van der Waals surface area contributed by atoms with Crippen LogP contribution in [-0.4, -0.2) is 20.4 Å². The van der Waals surface area contributed by atoms with Crippen molar-refractivity contribution in [3.63, 3.8) is 0 Å². The van der Waals surface area contributed by atoms with Crippen LogP contribution in [-0.2, 0) is 6.18 Å². The molecule has 0 bridgehead atoms. The van der Waals surface area contributed by atoms with E-state index in [0.717, 1.165) is 0 Å². The van der Waals surface area contributed by atoms with Crippen molar-refractivity contribution in [1.82, 2.24) is 9.36 Å². The van der Waals surface area contributed by atoms with E-state index in [1.165, 1.54) is 24.3 Å². The van der Waals surface area contributed by atoms with E-state index >= 15 is 0 Å². The molecule has 9 heteroatoms. The quantitative estimate of drug-likeness (QED) is 0.940. The van der Waals surface area contributed by atoms with Crippen LogP contribution in [0.3, 0.4) is 0 Å². The first-order valence-corrected chi connectivity index (χ1v) is 5.56. The summed E-state index contributed by atoms with van der Waals surface area (Å²) in [6, 6.07) is 5.55. The summed E-state index contributed by atoms with van der Waals surface area (Å²) in [7, 11) is 0. The molecule has 5 nitrogen and oxygen atoms in total. The molecule has 0 amide bonds. The standard InChI is InChI=1S/C10H5F3N2O3S/c11-10(12,13)8-14-9(19-15-8)18-6-4-2-1-3-5(6)7(16)17/h1-4H,(H,16,17). The van der Waals surface area contributed by atoms with Crippen LogP contribution in [0.5, 0.6) is 10.9 Å². The van der Waals surface area contributed by atoms with Crippen molar-refractivity contribution in [2.24, 2.45) is 0 Å². The number of hydrogen-bond acceptors (Lipinski definition) is 5. The number of carboxylic acids is 1. The molecule has 0 radical (unpaired) electrons. The molecule has 0 atom stereocenters. The Balaban J connectivity index is 2.27. The van der Waals surface area contributed by atoms with Crippen LogP contribution >= 0.6 is 11.5 Å². The zero-order chi connectivity index (χ0) is 14.0. The van der Waals surface area contributed by atoms with E-state index in [1.807, 2.05) is 0 Å². The molecule has 100 valence electrons. The lowest BCUT2D eigenvalue weighted by Gasteiger charge is -2.04. The molecule has 0 unspecified atom stereocenters. The number of para-hydroxylation sites is 1. The van der Waals surface area contributed by atoms with Crippen molar-refractivity contribution in [2.75, 3.05) is 0 Å². The van der Waals surface area contributed by atoms with Crippen LogP contribution in [0.2, 0.25) is 0 Å². The van der Waals surface area contributed by atoms with Crippen molar-refractivity contribution in [3.8, 4) is 10.9 Å². The Morgan fingerprint density at radius 1 is 1.32 bits per heavy atom. The van der Waals surface area contributed by atoms with Gasteiger partial charge < -0.3 is 9.84 Å². The highest BCUT2D eigenvalue weighted by Crippen LogP contribution is 2.32. The molecular formula is C10H5F3N2O3S. The molecule has 1 aromatic carbocycles. The Hall–Kier alpha value is -2.16. The van der Waals surface area contributed by atoms with Crippen LogP contribution in [0, 0.1) is 0 Å². The number of aromatic carboxylic acids is 1. The molecule has 0 saturated carbocycles. The van der Waals surface area contributed by atoms with E-state index in [0.29, 0.717) is 11.5 Å². The minimum absolute atomic E-state index is 0.0973. The summed E-state index contributed by atoms with van der Waals surface area (Å²) in [6.45, 7) is 0. The largest absolute Gasteiger partial charge is 0.478 e. The first-order valence-electron chi connectivity index (χ1n) is 4.79. The molecule has 0 fully saturated rings. The first-order chi connectivity index (χ1) is 8.88. The van der Waals surface area contributed by atoms with E-state index in [-0.39, 0.29) is 16.5 Å². The highest BCUT2D eigenvalue weighted by Gasteiger charge is 2.36. The Morgan fingerprint density at radius 2 is 2.00 bits per heavy atom. The van der Waals surface area contributed by atoms with Gasteiger partial charge in [-0.05, 0) is 12.1 Å². The highest BCUT2D eigenvalue weighted by atomic mass is 32.1. The van der Waals surface area contributed by atoms with Gasteiger partial charge in [-0.15, -0.1) is 0 Å². The monoisotopic (exact) mass is 290 g/mol. The predicted octanol–water partition coefficient (Wildman–Crippen LogP) is 3.05. The molecular weight excluding hydrogens is 285 g/mol. The Bertz CT molecular complexity index is 612. The van der Waals surface area contributed by atoms with Gasteiger partial charge in [0.05, 0.1) is 0 Å². The van der Waals surface area contributed by atoms with Gasteiger partial charge in [0, 0.05) is 11.5 Å². The number of halogens is 3. The van der Waals surface area contributed by atoms with E-state index in [4.69, 9.17) is 9.84 Å². The fourth-order valence-electron chi connectivity index (χ4n) is 1.19. The lowest BCUT2D eigenvalue weighted by molar-refractivity contribution is -0.144. The summed E-state index contributed by atoms with van der Waals surface area (Å²) in [5.74, 6) is -2.67. The lowest BCUT2D eigenvalue weighted by atomic mass is 10.2. The predicted molar refractivity (Wildman–Crippen MR) is 58.4 cm³/mol. The third kappa shape index (κ3) is 2.99. The molecule has 0 aliphatic rings. The maximum Gasteiger partial charge on any atom is 0.452 e. The second-order valence-corrected chi connectivity index (χ2v) is 4.00. The van der Waals surface area contributed by atoms with Gasteiger partial charge >= 0.3 is 12.1 Å². The zero-order valence-corrected chi connectivity index (χ0v) is 9.83. The van der Waals surface area contributed by atoms with Gasteiger partial charge in [0.2, 0.25) is 0 Å². The topological polar surface area (TPSA) is 72.3 Å². The molecule has 0 spiro atoms. The second kappa shape index (κ2) is 4.84. The van der Waals surface area contributed by atoms with E-state index in [1.54, 1.807) is 0 Å². The molecule has 19 heavy (non-hydrogen) atoms. The van der Waals surface area contributed by atoms with Gasteiger partial charge in [-0.2, -0.15) is 22.5 Å². The highest BCUT2D eigenvalue weighted by molar-refractivity contribution is 7.07. The SMILES string of the molecule is O=C(O)c1ccccc1Oc1nc(C(F)(F)F)ns1. The normalized spacial score (nSPS) is 11.3. The van der Waals surface area contributed by atoms with E-state index < -0.39 is 18.0 Å². The summed E-state index contributed by atoms with van der Waals surface area (Å²) in [5, 5.41) is 8.51. The van der Waals surface area contributed by atoms with Gasteiger partial charge in [0.1, 0.15) is 11.3 Å². The number of nitrogens with zero attached hydrogens (tertiary/aromatic N) is 2. The molecule has 0 aliphatic heterocycles. The number of rotatable bonds is 3. The van der Waals surface area contributed by atoms with Crippen LogP contribution in [0.1, 0.15) is 16.2 Å². The van der Waals surface area contributed by atoms with Crippen molar-refractivity contribution in [1.29, 1.82) is 0 Å². The Kier molecular flexibility index (Phi) is 3.38. The van der Waals surface area contributed by atoms with Gasteiger partial charge in [-0.25, -0.2) is 4.79 Å². The smallest absolute Gasteiger partial charge is 0.452 e. The Labute approximate surface area is 108 Å². The second-order valence-electron chi connectivity index (χ2n) is 3.29. The van der Waals surface area contributed by atoms with Crippen molar-refractivity contribution in [3.05, 3.63) is 35.7 Å². The van der Waals surface area contributed by atoms with Gasteiger partial charge in [0.25, 0.3) is 11.0 Å². The lowest BCUT2D eigenvalue weighted by Crippen LogP contribution is -2.07. The summed E-state index contributed by atoms with van der Waals surface area (Å²) in [4.78, 5) is 14.0. The minimum Gasteiger partial charge on any atom is -0.478 e. The molecule has 1 N–H and O–H groups in total. The fourth-order valence-corrected chi connectivity index (χ4v) is 1.76. The van der Waals surface area contributed by atoms with Crippen LogP contribution in [0.4, 0.5) is 13.2 Å². The van der Waals surface area contributed by atoms with Gasteiger partial charge in [-0.1, -0.05) is 12.1 Å². The fraction of sp³-hybridized carbons (Fsp3) is 0.100. The minimum atomic E-state index is -4.66.